The van der Waals surface area contributed by atoms with Gasteiger partial charge in [-0.2, -0.15) is 0 Å². The van der Waals surface area contributed by atoms with Gasteiger partial charge in [-0.25, -0.2) is 0 Å². The minimum atomic E-state index is -1.01. The summed E-state index contributed by atoms with van der Waals surface area (Å²) in [7, 11) is 1.51. The van der Waals surface area contributed by atoms with Crippen molar-refractivity contribution in [3.05, 3.63) is 46.4 Å². The van der Waals surface area contributed by atoms with Gasteiger partial charge in [0.05, 0.1) is 27.4 Å². The first kappa shape index (κ1) is 19.8. The van der Waals surface area contributed by atoms with Crippen molar-refractivity contribution in [1.29, 1.82) is 0 Å². The van der Waals surface area contributed by atoms with Crippen LogP contribution in [0.25, 0.3) is 10.9 Å². The first-order valence-corrected chi connectivity index (χ1v) is 10.7. The fourth-order valence-electron chi connectivity index (χ4n) is 5.39. The van der Waals surface area contributed by atoms with E-state index < -0.39 is 12.6 Å². The lowest BCUT2D eigenvalue weighted by molar-refractivity contribution is -0.119. The molecule has 2 aliphatic rings. The number of ketones is 1. The number of aliphatic hydroxyl groups is 2. The van der Waals surface area contributed by atoms with Crippen molar-refractivity contribution in [2.24, 2.45) is 11.8 Å². The van der Waals surface area contributed by atoms with Crippen molar-refractivity contribution in [1.82, 2.24) is 9.88 Å². The molecule has 3 N–H and O–H groups in total. The van der Waals surface area contributed by atoms with Gasteiger partial charge in [-0.05, 0) is 54.4 Å². The van der Waals surface area contributed by atoms with Gasteiger partial charge < -0.3 is 19.9 Å². The summed E-state index contributed by atoms with van der Waals surface area (Å²) < 4.78 is 14.8. The number of Topliss-reactive ketones (excluding diaryl/α,β-unsaturated/α-hetero) is 1. The molecule has 1 saturated heterocycles. The Bertz CT molecular complexity index is 1030. The second-order valence-corrected chi connectivity index (χ2v) is 8.50. The summed E-state index contributed by atoms with van der Waals surface area (Å²) in [4.78, 5) is 18.3. The Morgan fingerprint density at radius 2 is 2.23 bits per heavy atom. The molecule has 4 rings (SSSR count). The van der Waals surface area contributed by atoms with Gasteiger partial charge in [0, 0.05) is 35.3 Å². The number of aromatic amines is 1. The monoisotopic (exact) mass is 413 g/mol. The SMILES string of the molecule is [2H][C@@]12C[C@H](/C(=C\OC)C(=O)CO)[C@H](CC)CN1CCc1c2[nH]c2cc(C)cc(CO)c12. The topological polar surface area (TPSA) is 85.8 Å². The van der Waals surface area contributed by atoms with E-state index in [9.17, 15) is 16.4 Å². The van der Waals surface area contributed by atoms with E-state index in [1.165, 1.54) is 13.4 Å². The highest BCUT2D eigenvalue weighted by molar-refractivity contribution is 5.96. The number of nitrogens with one attached hydrogen (secondary N) is 1. The number of rotatable bonds is 6. The predicted molar refractivity (Wildman–Crippen MR) is 116 cm³/mol. The Balaban J connectivity index is 1.84. The Kier molecular flexibility index (Phi) is 5.63. The Morgan fingerprint density at radius 3 is 2.90 bits per heavy atom. The van der Waals surface area contributed by atoms with Gasteiger partial charge in [0.25, 0.3) is 0 Å². The molecule has 0 unspecified atom stereocenters. The number of methoxy groups -OCH3 is 1. The second-order valence-electron chi connectivity index (χ2n) is 8.50. The van der Waals surface area contributed by atoms with Crippen LogP contribution in [0.2, 0.25) is 0 Å². The Hall–Kier alpha value is -2.15. The first-order valence-electron chi connectivity index (χ1n) is 11.2. The normalized spacial score (nSPS) is 27.5. The number of aromatic nitrogens is 1. The molecule has 0 radical (unpaired) electrons. The molecule has 1 fully saturated rings. The Morgan fingerprint density at radius 1 is 1.43 bits per heavy atom. The van der Waals surface area contributed by atoms with Crippen molar-refractivity contribution in [3.63, 3.8) is 0 Å². The Labute approximate surface area is 178 Å². The molecule has 3 heterocycles. The third-order valence-corrected chi connectivity index (χ3v) is 6.77. The molecule has 1 aromatic heterocycles. The number of fused-ring (bicyclic) bond motifs is 5. The van der Waals surface area contributed by atoms with E-state index in [1.807, 2.05) is 13.0 Å². The molecule has 6 nitrogen and oxygen atoms in total. The second kappa shape index (κ2) is 8.53. The zero-order valence-corrected chi connectivity index (χ0v) is 18.0. The minimum Gasteiger partial charge on any atom is -0.504 e. The summed E-state index contributed by atoms with van der Waals surface area (Å²) in [6.45, 7) is 4.99. The number of ether oxygens (including phenoxy) is 1. The third kappa shape index (κ3) is 3.47. The van der Waals surface area contributed by atoms with Crippen molar-refractivity contribution in [3.8, 4) is 0 Å². The molecule has 162 valence electrons. The molecular weight excluding hydrogens is 380 g/mol. The van der Waals surface area contributed by atoms with Crippen molar-refractivity contribution in [2.45, 2.75) is 45.7 Å². The number of carbonyl (C=O) groups is 1. The van der Waals surface area contributed by atoms with Gasteiger partial charge >= 0.3 is 0 Å². The first-order chi connectivity index (χ1) is 14.9. The number of piperidine rings is 1. The van der Waals surface area contributed by atoms with Crippen LogP contribution >= 0.6 is 0 Å². The highest BCUT2D eigenvalue weighted by atomic mass is 16.5. The van der Waals surface area contributed by atoms with E-state index in [0.717, 1.165) is 52.7 Å². The quantitative estimate of drug-likeness (QED) is 0.501. The fraction of sp³-hybridized carbons (Fsp3) is 0.542. The average molecular weight is 414 g/mol. The number of hydrogen-bond acceptors (Lipinski definition) is 5. The molecule has 0 amide bonds. The standard InChI is InChI=1S/C24H32N2O4/c1-4-15-10-26-6-5-17-23-16(11-27)7-14(2)8-20(23)25-24(17)21(26)9-18(15)19(13-30-3)22(29)12-28/h7-8,13,15,18,21,25,27-28H,4-6,9-12H2,1-3H3/b19-13+/t15-,18+,21+/m1/s1/i21D. The van der Waals surface area contributed by atoms with E-state index in [-0.39, 0.29) is 24.2 Å². The number of carbonyl (C=O) groups excluding carboxylic acids is 1. The fourth-order valence-corrected chi connectivity index (χ4v) is 5.39. The number of nitrogens with zero attached hydrogens (tertiary/aromatic N) is 1. The molecule has 0 saturated carbocycles. The zero-order valence-electron chi connectivity index (χ0n) is 19.0. The molecule has 30 heavy (non-hydrogen) atoms. The minimum absolute atomic E-state index is 0.0382. The molecular formula is C24H32N2O4. The molecule has 2 aromatic rings. The average Bonchev–Trinajstić information content (AvgIpc) is 3.15. The summed E-state index contributed by atoms with van der Waals surface area (Å²) in [5.41, 5.74) is 5.34. The van der Waals surface area contributed by atoms with Crippen molar-refractivity contribution < 1.29 is 21.1 Å². The summed E-state index contributed by atoms with van der Waals surface area (Å²) in [5.74, 6) is -0.306. The maximum Gasteiger partial charge on any atom is 0.187 e. The van der Waals surface area contributed by atoms with Gasteiger partial charge in [0.15, 0.2) is 5.78 Å². The maximum absolute atomic E-state index is 12.5. The number of benzene rings is 1. The lowest BCUT2D eigenvalue weighted by atomic mass is 9.73. The van der Waals surface area contributed by atoms with Crippen LogP contribution in [0.4, 0.5) is 0 Å². The largest absolute Gasteiger partial charge is 0.504 e. The summed E-state index contributed by atoms with van der Waals surface area (Å²) in [6, 6.07) is 3.07. The number of aryl methyl sites for hydroxylation is 1. The van der Waals surface area contributed by atoms with Gasteiger partial charge in [0.2, 0.25) is 0 Å². The van der Waals surface area contributed by atoms with Gasteiger partial charge in [-0.15, -0.1) is 0 Å². The van der Waals surface area contributed by atoms with Crippen LogP contribution in [0.5, 0.6) is 0 Å². The number of hydrogen-bond donors (Lipinski definition) is 3. The smallest absolute Gasteiger partial charge is 0.187 e. The number of aliphatic hydroxyl groups excluding tert-OH is 2. The van der Waals surface area contributed by atoms with Gasteiger partial charge in [0.1, 0.15) is 6.61 Å². The zero-order chi connectivity index (χ0) is 22.3. The van der Waals surface area contributed by atoms with Gasteiger partial charge in [-0.1, -0.05) is 19.4 Å². The van der Waals surface area contributed by atoms with Crippen LogP contribution in [-0.2, 0) is 22.6 Å². The highest BCUT2D eigenvalue weighted by Gasteiger charge is 2.42. The molecule has 1 aromatic carbocycles. The maximum atomic E-state index is 12.5. The molecule has 0 aliphatic carbocycles. The highest BCUT2D eigenvalue weighted by Crippen LogP contribution is 2.46. The van der Waals surface area contributed by atoms with Crippen LogP contribution in [0.15, 0.2) is 24.0 Å². The van der Waals surface area contributed by atoms with Crippen molar-refractivity contribution in [2.75, 3.05) is 26.8 Å². The van der Waals surface area contributed by atoms with E-state index in [4.69, 9.17) is 4.74 Å². The third-order valence-electron chi connectivity index (χ3n) is 6.77. The van der Waals surface area contributed by atoms with Crippen LogP contribution in [0.1, 0.15) is 49.5 Å². The summed E-state index contributed by atoms with van der Waals surface area (Å²) in [6.07, 6.45) is 3.60. The van der Waals surface area contributed by atoms with Crippen LogP contribution in [-0.4, -0.2) is 52.7 Å². The predicted octanol–water partition coefficient (Wildman–Crippen LogP) is 3.01. The lowest BCUT2D eigenvalue weighted by Gasteiger charge is -2.46. The molecule has 0 bridgehead atoms. The molecule has 6 heteroatoms. The number of H-pyrrole nitrogens is 1. The van der Waals surface area contributed by atoms with E-state index in [1.54, 1.807) is 0 Å². The summed E-state index contributed by atoms with van der Waals surface area (Å²) in [5, 5.41) is 20.5. The van der Waals surface area contributed by atoms with E-state index in [0.29, 0.717) is 18.5 Å². The summed E-state index contributed by atoms with van der Waals surface area (Å²) >= 11 is 0. The molecule has 3 atom stereocenters. The van der Waals surface area contributed by atoms with Crippen LogP contribution in [0.3, 0.4) is 0 Å². The van der Waals surface area contributed by atoms with E-state index >= 15 is 0 Å². The molecule has 0 spiro atoms. The van der Waals surface area contributed by atoms with Crippen LogP contribution < -0.4 is 0 Å². The molecule has 2 aliphatic heterocycles. The lowest BCUT2D eigenvalue weighted by Crippen LogP contribution is -2.47. The van der Waals surface area contributed by atoms with Gasteiger partial charge in [-0.3, -0.25) is 9.69 Å². The van der Waals surface area contributed by atoms with E-state index in [2.05, 4.69) is 22.9 Å². The van der Waals surface area contributed by atoms with Crippen LogP contribution in [0, 0.1) is 18.8 Å². The van der Waals surface area contributed by atoms with Crippen molar-refractivity contribution >= 4 is 16.7 Å².